The molecule has 1 aliphatic rings. The van der Waals surface area contributed by atoms with Gasteiger partial charge in [-0.05, 0) is 49.9 Å². The Labute approximate surface area is 152 Å². The number of rotatable bonds is 4. The van der Waals surface area contributed by atoms with E-state index in [1.54, 1.807) is 31.2 Å². The van der Waals surface area contributed by atoms with Crippen LogP contribution in [0.25, 0.3) is 0 Å². The first kappa shape index (κ1) is 18.3. The van der Waals surface area contributed by atoms with Gasteiger partial charge in [-0.2, -0.15) is 0 Å². The van der Waals surface area contributed by atoms with Gasteiger partial charge in [0.25, 0.3) is 5.91 Å². The summed E-state index contributed by atoms with van der Waals surface area (Å²) in [6.45, 7) is 5.05. The van der Waals surface area contributed by atoms with Crippen molar-refractivity contribution in [2.24, 2.45) is 0 Å². The molecule has 1 heterocycles. The monoisotopic (exact) mass is 359 g/mol. The van der Waals surface area contributed by atoms with E-state index in [0.29, 0.717) is 11.3 Å². The molecule has 0 aliphatic carbocycles. The topological polar surface area (TPSA) is 35.6 Å². The van der Waals surface area contributed by atoms with E-state index in [1.807, 2.05) is 11.9 Å². The second-order valence-electron chi connectivity index (χ2n) is 6.71. The maximum absolute atomic E-state index is 14.5. The number of carbonyl (C=O) groups excluding carboxylic acids is 1. The molecule has 1 amide bonds. The molecular formula is C20H23F2N3O. The van der Waals surface area contributed by atoms with E-state index in [1.165, 1.54) is 18.2 Å². The van der Waals surface area contributed by atoms with Gasteiger partial charge in [0.15, 0.2) is 0 Å². The van der Waals surface area contributed by atoms with E-state index in [0.717, 1.165) is 26.2 Å². The van der Waals surface area contributed by atoms with Gasteiger partial charge in [0, 0.05) is 31.7 Å². The number of piperazine rings is 1. The number of hydrogen-bond acceptors (Lipinski definition) is 3. The molecule has 3 rings (SSSR count). The smallest absolute Gasteiger partial charge is 0.251 e. The van der Waals surface area contributed by atoms with Crippen molar-refractivity contribution in [1.29, 1.82) is 0 Å². The van der Waals surface area contributed by atoms with E-state index in [4.69, 9.17) is 0 Å². The number of benzene rings is 2. The highest BCUT2D eigenvalue weighted by Gasteiger charge is 2.19. The molecule has 1 aliphatic heterocycles. The summed E-state index contributed by atoms with van der Waals surface area (Å²) < 4.78 is 27.8. The number of anilines is 1. The molecule has 1 saturated heterocycles. The zero-order valence-electron chi connectivity index (χ0n) is 15.0. The number of carbonyl (C=O) groups is 1. The second-order valence-corrected chi connectivity index (χ2v) is 6.71. The molecule has 2 aromatic rings. The van der Waals surface area contributed by atoms with E-state index < -0.39 is 5.82 Å². The highest BCUT2D eigenvalue weighted by Crippen LogP contribution is 2.22. The Hall–Kier alpha value is -2.47. The quantitative estimate of drug-likeness (QED) is 0.911. The van der Waals surface area contributed by atoms with Gasteiger partial charge in [-0.3, -0.25) is 4.79 Å². The summed E-state index contributed by atoms with van der Waals surface area (Å²) in [7, 11) is 2.04. The molecule has 0 saturated carbocycles. The van der Waals surface area contributed by atoms with E-state index in [2.05, 4.69) is 10.2 Å². The zero-order chi connectivity index (χ0) is 18.7. The maximum Gasteiger partial charge on any atom is 0.251 e. The van der Waals surface area contributed by atoms with Crippen LogP contribution in [0.5, 0.6) is 0 Å². The molecule has 1 N–H and O–H groups in total. The molecule has 1 atom stereocenters. The molecule has 138 valence electrons. The largest absolute Gasteiger partial charge is 0.367 e. The van der Waals surface area contributed by atoms with Crippen molar-refractivity contribution in [2.75, 3.05) is 38.1 Å². The van der Waals surface area contributed by atoms with Crippen molar-refractivity contribution < 1.29 is 13.6 Å². The number of amides is 1. The van der Waals surface area contributed by atoms with Crippen LogP contribution in [-0.4, -0.2) is 44.0 Å². The molecule has 0 aromatic heterocycles. The fraction of sp³-hybridized carbons (Fsp3) is 0.350. The summed E-state index contributed by atoms with van der Waals surface area (Å²) in [5.74, 6) is -1.14. The summed E-state index contributed by atoms with van der Waals surface area (Å²) in [5.41, 5.74) is 1.43. The van der Waals surface area contributed by atoms with Gasteiger partial charge < -0.3 is 15.1 Å². The lowest BCUT2D eigenvalue weighted by atomic mass is 10.1. The lowest BCUT2D eigenvalue weighted by Gasteiger charge is -2.34. The first-order chi connectivity index (χ1) is 12.4. The first-order valence-corrected chi connectivity index (χ1v) is 8.73. The average Bonchev–Trinajstić information content (AvgIpc) is 2.62. The third-order valence-corrected chi connectivity index (χ3v) is 4.75. The number of hydrogen-bond donors (Lipinski definition) is 1. The molecule has 0 bridgehead atoms. The standard InChI is InChI=1S/C20H23F2N3O/c1-14(15-4-3-5-17(21)12-15)23-20(26)16-6-7-19(18(22)13-16)25-10-8-24(2)9-11-25/h3-7,12-14H,8-11H2,1-2H3,(H,23,26)/t14-/m0/s1. The van der Waals surface area contributed by atoms with Gasteiger partial charge in [0.05, 0.1) is 11.7 Å². The lowest BCUT2D eigenvalue weighted by Crippen LogP contribution is -2.44. The Morgan fingerprint density at radius 3 is 2.46 bits per heavy atom. The van der Waals surface area contributed by atoms with Crippen LogP contribution in [0.4, 0.5) is 14.5 Å². The molecule has 0 unspecified atom stereocenters. The van der Waals surface area contributed by atoms with Gasteiger partial charge in [0.1, 0.15) is 11.6 Å². The second kappa shape index (κ2) is 7.83. The van der Waals surface area contributed by atoms with Crippen LogP contribution in [0.3, 0.4) is 0 Å². The van der Waals surface area contributed by atoms with Gasteiger partial charge in [-0.15, -0.1) is 0 Å². The number of nitrogens with zero attached hydrogens (tertiary/aromatic N) is 2. The third kappa shape index (κ3) is 4.19. The normalized spacial score (nSPS) is 16.4. The zero-order valence-corrected chi connectivity index (χ0v) is 15.0. The van der Waals surface area contributed by atoms with Crippen molar-refractivity contribution in [3.05, 3.63) is 65.2 Å². The van der Waals surface area contributed by atoms with Crippen molar-refractivity contribution >= 4 is 11.6 Å². The van der Waals surface area contributed by atoms with Crippen LogP contribution in [0, 0.1) is 11.6 Å². The van der Waals surface area contributed by atoms with Gasteiger partial charge in [-0.25, -0.2) is 8.78 Å². The molecule has 0 spiro atoms. The highest BCUT2D eigenvalue weighted by molar-refractivity contribution is 5.94. The van der Waals surface area contributed by atoms with Crippen molar-refractivity contribution in [2.45, 2.75) is 13.0 Å². The molecule has 0 radical (unpaired) electrons. The predicted octanol–water partition coefficient (Wildman–Crippen LogP) is 3.21. The van der Waals surface area contributed by atoms with Gasteiger partial charge in [0.2, 0.25) is 0 Å². The number of likely N-dealkylation sites (N-methyl/N-ethyl adjacent to an activating group) is 1. The molecular weight excluding hydrogens is 336 g/mol. The Morgan fingerprint density at radius 1 is 1.08 bits per heavy atom. The minimum Gasteiger partial charge on any atom is -0.367 e. The van der Waals surface area contributed by atoms with Crippen molar-refractivity contribution in [1.82, 2.24) is 10.2 Å². The van der Waals surface area contributed by atoms with Crippen LogP contribution < -0.4 is 10.2 Å². The van der Waals surface area contributed by atoms with E-state index >= 15 is 0 Å². The summed E-state index contributed by atoms with van der Waals surface area (Å²) in [6.07, 6.45) is 0. The van der Waals surface area contributed by atoms with Crippen molar-refractivity contribution in [3.8, 4) is 0 Å². The molecule has 26 heavy (non-hydrogen) atoms. The summed E-state index contributed by atoms with van der Waals surface area (Å²) in [4.78, 5) is 16.6. The van der Waals surface area contributed by atoms with E-state index in [9.17, 15) is 13.6 Å². The van der Waals surface area contributed by atoms with Crippen LogP contribution >= 0.6 is 0 Å². The molecule has 4 nitrogen and oxygen atoms in total. The summed E-state index contributed by atoms with van der Waals surface area (Å²) >= 11 is 0. The minimum atomic E-state index is -0.402. The Bertz CT molecular complexity index is 788. The van der Waals surface area contributed by atoms with Crippen LogP contribution in [0.2, 0.25) is 0 Å². The fourth-order valence-corrected chi connectivity index (χ4v) is 3.09. The van der Waals surface area contributed by atoms with Crippen LogP contribution in [0.1, 0.15) is 28.9 Å². The molecule has 2 aromatic carbocycles. The summed E-state index contributed by atoms with van der Waals surface area (Å²) in [5, 5.41) is 2.78. The van der Waals surface area contributed by atoms with Crippen LogP contribution in [0.15, 0.2) is 42.5 Å². The molecule has 1 fully saturated rings. The Kier molecular flexibility index (Phi) is 5.52. The minimum absolute atomic E-state index is 0.253. The average molecular weight is 359 g/mol. The number of halogens is 2. The molecule has 6 heteroatoms. The van der Waals surface area contributed by atoms with Crippen molar-refractivity contribution in [3.63, 3.8) is 0 Å². The predicted molar refractivity (Wildman–Crippen MR) is 98.4 cm³/mol. The van der Waals surface area contributed by atoms with Gasteiger partial charge >= 0.3 is 0 Å². The Balaban J connectivity index is 1.69. The Morgan fingerprint density at radius 2 is 1.81 bits per heavy atom. The van der Waals surface area contributed by atoms with Crippen LogP contribution in [-0.2, 0) is 0 Å². The maximum atomic E-state index is 14.5. The first-order valence-electron chi connectivity index (χ1n) is 8.73. The fourth-order valence-electron chi connectivity index (χ4n) is 3.09. The summed E-state index contributed by atoms with van der Waals surface area (Å²) in [6, 6.07) is 10.2. The van der Waals surface area contributed by atoms with E-state index in [-0.39, 0.29) is 23.3 Å². The third-order valence-electron chi connectivity index (χ3n) is 4.75. The lowest BCUT2D eigenvalue weighted by molar-refractivity contribution is 0.0939. The number of nitrogens with one attached hydrogen (secondary N) is 1. The SMILES string of the molecule is C[C@H](NC(=O)c1ccc(N2CCN(C)CC2)c(F)c1)c1cccc(F)c1. The van der Waals surface area contributed by atoms with Gasteiger partial charge in [-0.1, -0.05) is 12.1 Å². The highest BCUT2D eigenvalue weighted by atomic mass is 19.1.